The number of nitrogens with zero attached hydrogens (tertiary/aromatic N) is 2. The number of urea groups is 1. The van der Waals surface area contributed by atoms with E-state index in [0.29, 0.717) is 6.54 Å². The van der Waals surface area contributed by atoms with Crippen molar-refractivity contribution in [2.45, 2.75) is 57.2 Å². The SMILES string of the molecule is CCN(CC(=O)O)C1CC(NC(=O)N(C)CC2CCCCO2)C1. The molecule has 23 heavy (non-hydrogen) atoms. The minimum atomic E-state index is -0.799. The Morgan fingerprint density at radius 2 is 2.04 bits per heavy atom. The first-order valence-corrected chi connectivity index (χ1v) is 8.58. The fraction of sp³-hybridized carbons (Fsp3) is 0.875. The summed E-state index contributed by atoms with van der Waals surface area (Å²) in [6.45, 7) is 4.17. The van der Waals surface area contributed by atoms with Crippen molar-refractivity contribution >= 4 is 12.0 Å². The predicted octanol–water partition coefficient (Wildman–Crippen LogP) is 1.13. The highest BCUT2D eigenvalue weighted by Crippen LogP contribution is 2.25. The average molecular weight is 327 g/mol. The molecule has 2 aliphatic rings. The lowest BCUT2D eigenvalue weighted by atomic mass is 9.85. The van der Waals surface area contributed by atoms with Crippen LogP contribution in [0.3, 0.4) is 0 Å². The van der Waals surface area contributed by atoms with E-state index in [4.69, 9.17) is 9.84 Å². The minimum Gasteiger partial charge on any atom is -0.480 e. The van der Waals surface area contributed by atoms with Gasteiger partial charge >= 0.3 is 12.0 Å². The van der Waals surface area contributed by atoms with E-state index >= 15 is 0 Å². The molecule has 1 heterocycles. The van der Waals surface area contributed by atoms with Crippen molar-refractivity contribution in [1.29, 1.82) is 0 Å². The third-order valence-electron chi connectivity index (χ3n) is 4.80. The molecule has 1 unspecified atom stereocenters. The van der Waals surface area contributed by atoms with Gasteiger partial charge in [0.1, 0.15) is 0 Å². The molecule has 7 nitrogen and oxygen atoms in total. The number of hydrogen-bond acceptors (Lipinski definition) is 4. The number of carboxylic acids is 1. The van der Waals surface area contributed by atoms with Gasteiger partial charge < -0.3 is 20.1 Å². The highest BCUT2D eigenvalue weighted by molar-refractivity contribution is 5.74. The van der Waals surface area contributed by atoms with Gasteiger partial charge in [-0.3, -0.25) is 9.69 Å². The molecular weight excluding hydrogens is 298 g/mol. The second kappa shape index (κ2) is 8.49. The zero-order valence-corrected chi connectivity index (χ0v) is 14.2. The first kappa shape index (κ1) is 18.0. The number of amides is 2. The minimum absolute atomic E-state index is 0.0658. The molecule has 0 aromatic heterocycles. The van der Waals surface area contributed by atoms with Crippen molar-refractivity contribution in [2.24, 2.45) is 0 Å². The van der Waals surface area contributed by atoms with E-state index in [1.54, 1.807) is 11.9 Å². The lowest BCUT2D eigenvalue weighted by Crippen LogP contribution is -2.57. The standard InChI is InChI=1S/C16H29N3O4/c1-3-19(11-15(20)21)13-8-12(9-13)17-16(22)18(2)10-14-6-4-5-7-23-14/h12-14H,3-11H2,1-2H3,(H,17,22)(H,20,21). The lowest BCUT2D eigenvalue weighted by molar-refractivity contribution is -0.139. The molecule has 1 atom stereocenters. The van der Waals surface area contributed by atoms with Crippen molar-refractivity contribution in [3.8, 4) is 0 Å². The number of likely N-dealkylation sites (N-methyl/N-ethyl adjacent to an activating group) is 2. The molecule has 0 aromatic rings. The molecular formula is C16H29N3O4. The number of hydrogen-bond donors (Lipinski definition) is 2. The number of carbonyl (C=O) groups is 2. The van der Waals surface area contributed by atoms with Crippen LogP contribution in [-0.2, 0) is 9.53 Å². The van der Waals surface area contributed by atoms with Gasteiger partial charge in [0.25, 0.3) is 0 Å². The molecule has 1 saturated heterocycles. The zero-order chi connectivity index (χ0) is 16.8. The second-order valence-electron chi connectivity index (χ2n) is 6.60. The van der Waals surface area contributed by atoms with E-state index in [2.05, 4.69) is 5.32 Å². The normalized spacial score (nSPS) is 27.3. The van der Waals surface area contributed by atoms with Crippen LogP contribution in [0.2, 0.25) is 0 Å². The van der Waals surface area contributed by atoms with Crippen LogP contribution in [0.1, 0.15) is 39.0 Å². The van der Waals surface area contributed by atoms with Crippen LogP contribution in [0.4, 0.5) is 4.79 Å². The highest BCUT2D eigenvalue weighted by Gasteiger charge is 2.35. The Hall–Kier alpha value is -1.34. The van der Waals surface area contributed by atoms with Crippen molar-refractivity contribution in [3.63, 3.8) is 0 Å². The Kier molecular flexibility index (Phi) is 6.65. The monoisotopic (exact) mass is 327 g/mol. The van der Waals surface area contributed by atoms with E-state index < -0.39 is 5.97 Å². The van der Waals surface area contributed by atoms with Gasteiger partial charge in [0.15, 0.2) is 0 Å². The Morgan fingerprint density at radius 1 is 1.30 bits per heavy atom. The van der Waals surface area contributed by atoms with Gasteiger partial charge in [0.2, 0.25) is 0 Å². The van der Waals surface area contributed by atoms with Crippen molar-refractivity contribution < 1.29 is 19.4 Å². The Labute approximate surface area is 138 Å². The molecule has 1 saturated carbocycles. The van der Waals surface area contributed by atoms with Gasteiger partial charge in [-0.05, 0) is 38.6 Å². The van der Waals surface area contributed by atoms with Crippen LogP contribution in [0.15, 0.2) is 0 Å². The average Bonchev–Trinajstić information content (AvgIpc) is 2.49. The quantitative estimate of drug-likeness (QED) is 0.733. The molecule has 0 bridgehead atoms. The summed E-state index contributed by atoms with van der Waals surface area (Å²) >= 11 is 0. The summed E-state index contributed by atoms with van der Waals surface area (Å²) in [6, 6.07) is 0.336. The molecule has 1 aliphatic heterocycles. The molecule has 2 rings (SSSR count). The van der Waals surface area contributed by atoms with Crippen LogP contribution in [-0.4, -0.2) is 78.4 Å². The summed E-state index contributed by atoms with van der Waals surface area (Å²) in [6.07, 6.45) is 5.09. The van der Waals surface area contributed by atoms with Gasteiger partial charge in [-0.2, -0.15) is 0 Å². The number of ether oxygens (including phenoxy) is 1. The molecule has 0 aromatic carbocycles. The molecule has 2 N–H and O–H groups in total. The Morgan fingerprint density at radius 3 is 2.61 bits per heavy atom. The molecule has 2 fully saturated rings. The maximum atomic E-state index is 12.2. The van der Waals surface area contributed by atoms with E-state index in [1.165, 1.54) is 6.42 Å². The molecule has 1 aliphatic carbocycles. The molecule has 2 amide bonds. The maximum absolute atomic E-state index is 12.2. The van der Waals surface area contributed by atoms with Gasteiger partial charge in [-0.1, -0.05) is 6.92 Å². The van der Waals surface area contributed by atoms with Crippen molar-refractivity contribution in [2.75, 3.05) is 33.3 Å². The van der Waals surface area contributed by atoms with E-state index in [1.807, 2.05) is 11.8 Å². The number of carbonyl (C=O) groups excluding carboxylic acids is 1. The fourth-order valence-corrected chi connectivity index (χ4v) is 3.30. The summed E-state index contributed by atoms with van der Waals surface area (Å²) in [7, 11) is 1.80. The first-order valence-electron chi connectivity index (χ1n) is 8.58. The molecule has 132 valence electrons. The van der Waals surface area contributed by atoms with E-state index in [-0.39, 0.29) is 30.8 Å². The van der Waals surface area contributed by atoms with Gasteiger partial charge in [-0.15, -0.1) is 0 Å². The molecule has 7 heteroatoms. The van der Waals surface area contributed by atoms with Gasteiger partial charge in [-0.25, -0.2) is 4.79 Å². The second-order valence-corrected chi connectivity index (χ2v) is 6.60. The van der Waals surface area contributed by atoms with E-state index in [0.717, 1.165) is 38.8 Å². The lowest BCUT2D eigenvalue weighted by Gasteiger charge is -2.42. The summed E-state index contributed by atoms with van der Waals surface area (Å²) in [5, 5.41) is 11.9. The third kappa shape index (κ3) is 5.35. The topological polar surface area (TPSA) is 82.1 Å². The van der Waals surface area contributed by atoms with E-state index in [9.17, 15) is 9.59 Å². The maximum Gasteiger partial charge on any atom is 0.317 e. The molecule has 0 radical (unpaired) electrons. The smallest absolute Gasteiger partial charge is 0.317 e. The van der Waals surface area contributed by atoms with Crippen molar-refractivity contribution in [3.05, 3.63) is 0 Å². The summed E-state index contributed by atoms with van der Waals surface area (Å²) in [5.74, 6) is -0.799. The Bertz CT molecular complexity index is 406. The van der Waals surface area contributed by atoms with Crippen LogP contribution in [0.5, 0.6) is 0 Å². The van der Waals surface area contributed by atoms with Crippen LogP contribution < -0.4 is 5.32 Å². The number of aliphatic carboxylic acids is 1. The van der Waals surface area contributed by atoms with Crippen LogP contribution in [0, 0.1) is 0 Å². The number of nitrogens with one attached hydrogen (secondary N) is 1. The van der Waals surface area contributed by atoms with Gasteiger partial charge in [0, 0.05) is 32.3 Å². The van der Waals surface area contributed by atoms with Gasteiger partial charge in [0.05, 0.1) is 12.6 Å². The predicted molar refractivity (Wildman–Crippen MR) is 86.4 cm³/mol. The summed E-state index contributed by atoms with van der Waals surface area (Å²) in [4.78, 5) is 26.7. The van der Waals surface area contributed by atoms with Crippen molar-refractivity contribution in [1.82, 2.24) is 15.1 Å². The first-order chi connectivity index (χ1) is 11.0. The fourth-order valence-electron chi connectivity index (χ4n) is 3.30. The molecule has 0 spiro atoms. The summed E-state index contributed by atoms with van der Waals surface area (Å²) < 4.78 is 5.66. The van der Waals surface area contributed by atoms with Crippen LogP contribution >= 0.6 is 0 Å². The van der Waals surface area contributed by atoms with Crippen LogP contribution in [0.25, 0.3) is 0 Å². The zero-order valence-electron chi connectivity index (χ0n) is 14.2. The summed E-state index contributed by atoms with van der Waals surface area (Å²) in [5.41, 5.74) is 0. The number of carboxylic acid groups (broad SMARTS) is 1. The number of rotatable bonds is 7. The highest BCUT2D eigenvalue weighted by atomic mass is 16.5. The Balaban J connectivity index is 1.67. The largest absolute Gasteiger partial charge is 0.480 e. The third-order valence-corrected chi connectivity index (χ3v) is 4.80.